The smallest absolute Gasteiger partial charge is 0.253 e. The Morgan fingerprint density at radius 2 is 1.59 bits per heavy atom. The van der Waals surface area contributed by atoms with Gasteiger partial charge < -0.3 is 15.0 Å². The fraction of sp³-hybridized carbons (Fsp3) is 0.333. The second kappa shape index (κ2) is 8.68. The van der Waals surface area contributed by atoms with Crippen LogP contribution in [-0.2, 0) is 4.79 Å². The highest BCUT2D eigenvalue weighted by molar-refractivity contribution is 5.96. The zero-order chi connectivity index (χ0) is 19.2. The van der Waals surface area contributed by atoms with E-state index in [1.807, 2.05) is 66.4 Å². The molecule has 6 heteroatoms. The van der Waals surface area contributed by atoms with E-state index < -0.39 is 0 Å². The fourth-order valence-corrected chi connectivity index (χ4v) is 3.23. The maximum Gasteiger partial charge on any atom is 0.253 e. The monoisotopic (exact) mass is 367 g/mol. The van der Waals surface area contributed by atoms with E-state index in [0.717, 1.165) is 0 Å². The summed E-state index contributed by atoms with van der Waals surface area (Å²) in [5.74, 6) is 0.597. The van der Waals surface area contributed by atoms with Gasteiger partial charge >= 0.3 is 0 Å². The van der Waals surface area contributed by atoms with Gasteiger partial charge in [-0.2, -0.15) is 0 Å². The molecule has 2 aromatic carbocycles. The minimum Gasteiger partial charge on any atom is -0.495 e. The molecule has 1 unspecified atom stereocenters. The zero-order valence-corrected chi connectivity index (χ0v) is 15.7. The number of methoxy groups -OCH3 is 1. The van der Waals surface area contributed by atoms with Gasteiger partial charge in [0.2, 0.25) is 5.91 Å². The van der Waals surface area contributed by atoms with Crippen molar-refractivity contribution in [1.29, 1.82) is 0 Å². The Morgan fingerprint density at radius 3 is 2.26 bits per heavy atom. The van der Waals surface area contributed by atoms with Crippen LogP contribution in [0.15, 0.2) is 54.6 Å². The number of anilines is 1. The van der Waals surface area contributed by atoms with Gasteiger partial charge in [-0.15, -0.1) is 0 Å². The summed E-state index contributed by atoms with van der Waals surface area (Å²) in [4.78, 5) is 29.1. The summed E-state index contributed by atoms with van der Waals surface area (Å²) in [5.41, 5.74) is 1.36. The molecular formula is C21H25N3O3. The molecule has 0 bridgehead atoms. The molecule has 1 heterocycles. The van der Waals surface area contributed by atoms with Gasteiger partial charge in [0.15, 0.2) is 0 Å². The lowest BCUT2D eigenvalue weighted by Gasteiger charge is -2.37. The number of nitrogens with one attached hydrogen (secondary N) is 1. The quantitative estimate of drug-likeness (QED) is 0.882. The highest BCUT2D eigenvalue weighted by Gasteiger charge is 2.28. The number of hydrogen-bond acceptors (Lipinski definition) is 4. The number of amides is 2. The first-order chi connectivity index (χ1) is 13.1. The molecule has 1 atom stereocenters. The van der Waals surface area contributed by atoms with Crippen LogP contribution in [0, 0.1) is 0 Å². The summed E-state index contributed by atoms with van der Waals surface area (Å²) in [6.07, 6.45) is 0. The van der Waals surface area contributed by atoms with Gasteiger partial charge in [0.25, 0.3) is 5.91 Å². The van der Waals surface area contributed by atoms with Crippen molar-refractivity contribution in [3.05, 3.63) is 60.2 Å². The van der Waals surface area contributed by atoms with Crippen LogP contribution in [0.3, 0.4) is 0 Å². The topological polar surface area (TPSA) is 61.9 Å². The van der Waals surface area contributed by atoms with Crippen LogP contribution >= 0.6 is 0 Å². The molecule has 1 N–H and O–H groups in total. The number of rotatable bonds is 5. The molecule has 0 spiro atoms. The van der Waals surface area contributed by atoms with Gasteiger partial charge in [0.05, 0.1) is 18.8 Å². The SMILES string of the molecule is COc1ccccc1NC(=O)C(C)N1CCN(C(=O)c2ccccc2)CC1. The number of nitrogens with zero attached hydrogens (tertiary/aromatic N) is 2. The van der Waals surface area contributed by atoms with E-state index in [1.165, 1.54) is 0 Å². The molecule has 0 radical (unpaired) electrons. The third kappa shape index (κ3) is 4.46. The van der Waals surface area contributed by atoms with E-state index in [1.54, 1.807) is 7.11 Å². The number of para-hydroxylation sites is 2. The zero-order valence-electron chi connectivity index (χ0n) is 15.7. The van der Waals surface area contributed by atoms with Crippen molar-refractivity contribution in [2.24, 2.45) is 0 Å². The van der Waals surface area contributed by atoms with Crippen LogP contribution in [0.5, 0.6) is 5.75 Å². The molecule has 142 valence electrons. The summed E-state index contributed by atoms with van der Waals surface area (Å²) >= 11 is 0. The standard InChI is InChI=1S/C21H25N3O3/c1-16(20(25)22-18-10-6-7-11-19(18)27-2)23-12-14-24(15-13-23)21(26)17-8-4-3-5-9-17/h3-11,16H,12-15H2,1-2H3,(H,22,25). The lowest BCUT2D eigenvalue weighted by atomic mass is 10.1. The van der Waals surface area contributed by atoms with Crippen LogP contribution < -0.4 is 10.1 Å². The summed E-state index contributed by atoms with van der Waals surface area (Å²) in [6.45, 7) is 4.44. The van der Waals surface area contributed by atoms with Crippen molar-refractivity contribution in [1.82, 2.24) is 9.80 Å². The second-order valence-electron chi connectivity index (χ2n) is 6.56. The minimum absolute atomic E-state index is 0.0429. The molecule has 1 aliphatic heterocycles. The Labute approximate surface area is 159 Å². The normalized spacial score (nSPS) is 15.9. The van der Waals surface area contributed by atoms with E-state index >= 15 is 0 Å². The minimum atomic E-state index is -0.288. The van der Waals surface area contributed by atoms with Gasteiger partial charge in [0, 0.05) is 31.7 Å². The second-order valence-corrected chi connectivity index (χ2v) is 6.56. The van der Waals surface area contributed by atoms with E-state index in [4.69, 9.17) is 4.74 Å². The van der Waals surface area contributed by atoms with E-state index in [2.05, 4.69) is 10.2 Å². The van der Waals surface area contributed by atoms with Gasteiger partial charge in [-0.3, -0.25) is 14.5 Å². The molecule has 0 aliphatic carbocycles. The van der Waals surface area contributed by atoms with Crippen LogP contribution in [0.4, 0.5) is 5.69 Å². The largest absolute Gasteiger partial charge is 0.495 e. The van der Waals surface area contributed by atoms with Crippen molar-refractivity contribution in [3.63, 3.8) is 0 Å². The lowest BCUT2D eigenvalue weighted by Crippen LogP contribution is -2.54. The Hall–Kier alpha value is -2.86. The summed E-state index contributed by atoms with van der Waals surface area (Å²) in [7, 11) is 1.58. The maximum atomic E-state index is 12.6. The average Bonchev–Trinajstić information content (AvgIpc) is 2.73. The number of hydrogen-bond donors (Lipinski definition) is 1. The Bertz CT molecular complexity index is 786. The van der Waals surface area contributed by atoms with Crippen molar-refractivity contribution in [2.45, 2.75) is 13.0 Å². The molecule has 1 aliphatic rings. The van der Waals surface area contributed by atoms with E-state index in [9.17, 15) is 9.59 Å². The fourth-order valence-electron chi connectivity index (χ4n) is 3.23. The highest BCUT2D eigenvalue weighted by Crippen LogP contribution is 2.23. The van der Waals surface area contributed by atoms with Crippen molar-refractivity contribution >= 4 is 17.5 Å². The number of ether oxygens (including phenoxy) is 1. The predicted octanol–water partition coefficient (Wildman–Crippen LogP) is 2.48. The summed E-state index contributed by atoms with van der Waals surface area (Å²) < 4.78 is 5.28. The van der Waals surface area contributed by atoms with Crippen LogP contribution in [-0.4, -0.2) is 60.9 Å². The summed E-state index contributed by atoms with van der Waals surface area (Å²) in [5, 5.41) is 2.93. The van der Waals surface area contributed by atoms with Crippen LogP contribution in [0.25, 0.3) is 0 Å². The molecule has 27 heavy (non-hydrogen) atoms. The lowest BCUT2D eigenvalue weighted by molar-refractivity contribution is -0.121. The van der Waals surface area contributed by atoms with Gasteiger partial charge in [0.1, 0.15) is 5.75 Å². The predicted molar refractivity (Wildman–Crippen MR) is 105 cm³/mol. The molecule has 2 amide bonds. The van der Waals surface area contributed by atoms with Crippen molar-refractivity contribution < 1.29 is 14.3 Å². The van der Waals surface area contributed by atoms with Gasteiger partial charge in [-0.05, 0) is 31.2 Å². The maximum absolute atomic E-state index is 12.6. The number of carbonyl (C=O) groups is 2. The molecule has 6 nitrogen and oxygen atoms in total. The molecular weight excluding hydrogens is 342 g/mol. The van der Waals surface area contributed by atoms with Gasteiger partial charge in [-0.1, -0.05) is 30.3 Å². The molecule has 3 rings (SSSR count). The van der Waals surface area contributed by atoms with Crippen molar-refractivity contribution in [3.8, 4) is 5.75 Å². The van der Waals surface area contributed by atoms with Crippen molar-refractivity contribution in [2.75, 3.05) is 38.6 Å². The molecule has 0 saturated carbocycles. The Kier molecular flexibility index (Phi) is 6.08. The molecule has 0 aromatic heterocycles. The molecule has 1 fully saturated rings. The highest BCUT2D eigenvalue weighted by atomic mass is 16.5. The number of piperazine rings is 1. The summed E-state index contributed by atoms with van der Waals surface area (Å²) in [6, 6.07) is 16.4. The molecule has 2 aromatic rings. The Morgan fingerprint density at radius 1 is 0.963 bits per heavy atom. The first-order valence-corrected chi connectivity index (χ1v) is 9.12. The third-order valence-corrected chi connectivity index (χ3v) is 4.91. The first kappa shape index (κ1) is 18.9. The molecule has 1 saturated heterocycles. The van der Waals surface area contributed by atoms with E-state index in [-0.39, 0.29) is 17.9 Å². The van der Waals surface area contributed by atoms with Gasteiger partial charge in [-0.25, -0.2) is 0 Å². The average molecular weight is 367 g/mol. The van der Waals surface area contributed by atoms with Crippen LogP contribution in [0.1, 0.15) is 17.3 Å². The van der Waals surface area contributed by atoms with Crippen LogP contribution in [0.2, 0.25) is 0 Å². The first-order valence-electron chi connectivity index (χ1n) is 9.12. The number of benzene rings is 2. The third-order valence-electron chi connectivity index (χ3n) is 4.91. The van der Waals surface area contributed by atoms with E-state index in [0.29, 0.717) is 43.2 Å². The number of carbonyl (C=O) groups excluding carboxylic acids is 2. The Balaban J connectivity index is 1.55.